The fourth-order valence-corrected chi connectivity index (χ4v) is 1.34. The second-order valence-electron chi connectivity index (χ2n) is 2.58. The van der Waals surface area contributed by atoms with Crippen molar-refractivity contribution in [2.45, 2.75) is 13.1 Å². The van der Waals surface area contributed by atoms with E-state index < -0.39 is 0 Å². The monoisotopic (exact) mass is 241 g/mol. The molecule has 2 aromatic rings. The van der Waals surface area contributed by atoms with E-state index in [0.717, 1.165) is 17.6 Å². The van der Waals surface area contributed by atoms with Crippen LogP contribution in [-0.4, -0.2) is 24.5 Å². The van der Waals surface area contributed by atoms with Crippen LogP contribution < -0.4 is 0 Å². The van der Waals surface area contributed by atoms with Crippen molar-refractivity contribution in [2.75, 3.05) is 0 Å². The smallest absolute Gasteiger partial charge is 0.137 e. The minimum atomic E-state index is 0.786. The van der Waals surface area contributed by atoms with Gasteiger partial charge in [0.05, 0.1) is 23.8 Å². The summed E-state index contributed by atoms with van der Waals surface area (Å²) >= 11 is 3.33. The Balaban J connectivity index is 1.93. The Morgan fingerprint density at radius 3 is 2.69 bits per heavy atom. The number of halogens is 1. The van der Waals surface area contributed by atoms with Crippen LogP contribution in [0.3, 0.4) is 0 Å². The Morgan fingerprint density at radius 1 is 1.23 bits per heavy atom. The molecule has 0 aliphatic rings. The average molecular weight is 242 g/mol. The highest BCUT2D eigenvalue weighted by atomic mass is 79.9. The molecule has 68 valence electrons. The van der Waals surface area contributed by atoms with Gasteiger partial charge in [0.15, 0.2) is 0 Å². The number of hydrogen-bond acceptors (Lipinski definition) is 3. The van der Waals surface area contributed by atoms with E-state index in [4.69, 9.17) is 0 Å². The SMILES string of the molecule is Brc1cnn(CCn2cncn2)c1. The van der Waals surface area contributed by atoms with Crippen molar-refractivity contribution in [3.8, 4) is 0 Å². The van der Waals surface area contributed by atoms with E-state index in [9.17, 15) is 0 Å². The highest BCUT2D eigenvalue weighted by Gasteiger charge is 1.95. The minimum Gasteiger partial charge on any atom is -0.270 e. The van der Waals surface area contributed by atoms with E-state index in [1.807, 2.05) is 10.9 Å². The summed E-state index contributed by atoms with van der Waals surface area (Å²) in [6.45, 7) is 1.59. The van der Waals surface area contributed by atoms with Crippen molar-refractivity contribution in [1.29, 1.82) is 0 Å². The molecule has 0 saturated carbocycles. The zero-order chi connectivity index (χ0) is 9.10. The van der Waals surface area contributed by atoms with Gasteiger partial charge in [0.25, 0.3) is 0 Å². The van der Waals surface area contributed by atoms with Crippen LogP contribution in [0.15, 0.2) is 29.5 Å². The maximum atomic E-state index is 4.12. The van der Waals surface area contributed by atoms with Gasteiger partial charge in [0.1, 0.15) is 12.7 Å². The molecular weight excluding hydrogens is 234 g/mol. The fourth-order valence-electron chi connectivity index (χ4n) is 1.01. The van der Waals surface area contributed by atoms with Gasteiger partial charge >= 0.3 is 0 Å². The summed E-state index contributed by atoms with van der Waals surface area (Å²) in [5.41, 5.74) is 0. The first kappa shape index (κ1) is 8.43. The van der Waals surface area contributed by atoms with Gasteiger partial charge in [-0.2, -0.15) is 10.2 Å². The largest absolute Gasteiger partial charge is 0.270 e. The maximum Gasteiger partial charge on any atom is 0.137 e. The third-order valence-electron chi connectivity index (χ3n) is 1.63. The van der Waals surface area contributed by atoms with E-state index in [0.29, 0.717) is 0 Å². The highest BCUT2D eigenvalue weighted by Crippen LogP contribution is 2.05. The number of nitrogens with zero attached hydrogens (tertiary/aromatic N) is 5. The number of hydrogen-bond donors (Lipinski definition) is 0. The molecule has 0 atom stereocenters. The van der Waals surface area contributed by atoms with Crippen LogP contribution in [0.5, 0.6) is 0 Å². The predicted octanol–water partition coefficient (Wildman–Crippen LogP) is 0.937. The molecule has 0 aromatic carbocycles. The molecule has 0 unspecified atom stereocenters. The zero-order valence-electron chi connectivity index (χ0n) is 6.84. The average Bonchev–Trinajstić information content (AvgIpc) is 2.71. The number of aromatic nitrogens is 5. The van der Waals surface area contributed by atoms with Gasteiger partial charge in [-0.25, -0.2) is 4.98 Å². The summed E-state index contributed by atoms with van der Waals surface area (Å²) < 4.78 is 4.62. The minimum absolute atomic E-state index is 0.786. The van der Waals surface area contributed by atoms with E-state index in [1.165, 1.54) is 6.33 Å². The van der Waals surface area contributed by atoms with Crippen LogP contribution in [-0.2, 0) is 13.1 Å². The number of rotatable bonds is 3. The van der Waals surface area contributed by atoms with Gasteiger partial charge < -0.3 is 0 Å². The molecule has 0 radical (unpaired) electrons. The van der Waals surface area contributed by atoms with Gasteiger partial charge in [0.2, 0.25) is 0 Å². The van der Waals surface area contributed by atoms with Crippen molar-refractivity contribution in [3.05, 3.63) is 29.5 Å². The van der Waals surface area contributed by atoms with E-state index in [-0.39, 0.29) is 0 Å². The summed E-state index contributed by atoms with van der Waals surface area (Å²) in [6.07, 6.45) is 6.91. The zero-order valence-corrected chi connectivity index (χ0v) is 8.42. The lowest BCUT2D eigenvalue weighted by atomic mass is 10.6. The quantitative estimate of drug-likeness (QED) is 0.804. The van der Waals surface area contributed by atoms with Crippen molar-refractivity contribution in [2.24, 2.45) is 0 Å². The molecule has 2 rings (SSSR count). The molecule has 0 aliphatic heterocycles. The molecule has 0 spiro atoms. The lowest BCUT2D eigenvalue weighted by molar-refractivity contribution is 0.499. The molecule has 0 N–H and O–H groups in total. The number of aryl methyl sites for hydroxylation is 2. The summed E-state index contributed by atoms with van der Waals surface area (Å²) in [5, 5.41) is 8.11. The standard InChI is InChI=1S/C7H8BrN5/c8-7-3-10-12(4-7)1-2-13-6-9-5-11-13/h3-6H,1-2H2. The molecule has 0 saturated heterocycles. The van der Waals surface area contributed by atoms with Crippen LogP contribution >= 0.6 is 15.9 Å². The van der Waals surface area contributed by atoms with Gasteiger partial charge in [-0.05, 0) is 15.9 Å². The molecular formula is C7H8BrN5. The molecule has 0 bridgehead atoms. The van der Waals surface area contributed by atoms with E-state index in [1.54, 1.807) is 17.2 Å². The summed E-state index contributed by atoms with van der Waals surface area (Å²) in [5.74, 6) is 0. The second-order valence-corrected chi connectivity index (χ2v) is 3.50. The molecule has 0 aliphatic carbocycles. The Kier molecular flexibility index (Phi) is 2.40. The van der Waals surface area contributed by atoms with Crippen LogP contribution in [0.2, 0.25) is 0 Å². The Bertz CT molecular complexity index is 366. The summed E-state index contributed by atoms with van der Waals surface area (Å²) in [6, 6.07) is 0. The second kappa shape index (κ2) is 3.69. The summed E-state index contributed by atoms with van der Waals surface area (Å²) in [7, 11) is 0. The molecule has 5 nitrogen and oxygen atoms in total. The predicted molar refractivity (Wildman–Crippen MR) is 49.9 cm³/mol. The van der Waals surface area contributed by atoms with E-state index >= 15 is 0 Å². The molecule has 6 heteroatoms. The first-order chi connectivity index (χ1) is 6.34. The molecule has 2 heterocycles. The normalized spacial score (nSPS) is 10.5. The van der Waals surface area contributed by atoms with Crippen molar-refractivity contribution < 1.29 is 0 Å². The maximum absolute atomic E-state index is 4.12. The van der Waals surface area contributed by atoms with Gasteiger partial charge in [0, 0.05) is 6.20 Å². The fraction of sp³-hybridized carbons (Fsp3) is 0.286. The van der Waals surface area contributed by atoms with Crippen LogP contribution in [0.4, 0.5) is 0 Å². The first-order valence-corrected chi connectivity index (χ1v) is 4.64. The van der Waals surface area contributed by atoms with Crippen LogP contribution in [0.25, 0.3) is 0 Å². The first-order valence-electron chi connectivity index (χ1n) is 3.85. The molecule has 13 heavy (non-hydrogen) atoms. The topological polar surface area (TPSA) is 48.5 Å². The highest BCUT2D eigenvalue weighted by molar-refractivity contribution is 9.10. The lowest BCUT2D eigenvalue weighted by Crippen LogP contribution is -2.07. The van der Waals surface area contributed by atoms with Gasteiger partial charge in [-0.3, -0.25) is 9.36 Å². The summed E-state index contributed by atoms with van der Waals surface area (Å²) in [4.78, 5) is 3.85. The Morgan fingerprint density at radius 2 is 2.08 bits per heavy atom. The van der Waals surface area contributed by atoms with Crippen molar-refractivity contribution >= 4 is 15.9 Å². The third-order valence-corrected chi connectivity index (χ3v) is 2.04. The lowest BCUT2D eigenvalue weighted by Gasteiger charge is -1.99. The Hall–Kier alpha value is -1.17. The van der Waals surface area contributed by atoms with Crippen LogP contribution in [0, 0.1) is 0 Å². The van der Waals surface area contributed by atoms with Crippen molar-refractivity contribution in [3.63, 3.8) is 0 Å². The third kappa shape index (κ3) is 2.15. The van der Waals surface area contributed by atoms with Gasteiger partial charge in [-0.15, -0.1) is 0 Å². The molecule has 2 aromatic heterocycles. The van der Waals surface area contributed by atoms with E-state index in [2.05, 4.69) is 31.1 Å². The van der Waals surface area contributed by atoms with Crippen LogP contribution in [0.1, 0.15) is 0 Å². The van der Waals surface area contributed by atoms with Crippen molar-refractivity contribution in [1.82, 2.24) is 24.5 Å². The molecule has 0 amide bonds. The molecule has 0 fully saturated rings. The Labute approximate surface area is 83.5 Å². The van der Waals surface area contributed by atoms with Gasteiger partial charge in [-0.1, -0.05) is 0 Å².